The largest absolute Gasteiger partial charge is 0.328 e. The van der Waals surface area contributed by atoms with Crippen molar-refractivity contribution in [2.24, 2.45) is 5.73 Å². The smallest absolute Gasteiger partial charge is 0.00509 e. The van der Waals surface area contributed by atoms with Crippen molar-refractivity contribution in [1.82, 2.24) is 0 Å². The quantitative estimate of drug-likeness (QED) is 0.664. The first kappa shape index (κ1) is 7.29. The van der Waals surface area contributed by atoms with Crippen LogP contribution in [0.1, 0.15) is 12.5 Å². The summed E-state index contributed by atoms with van der Waals surface area (Å²) in [6, 6.07) is 10.6. The van der Waals surface area contributed by atoms with Crippen molar-refractivity contribution >= 4 is 0 Å². The third-order valence-electron chi connectivity index (χ3n) is 1.40. The van der Waals surface area contributed by atoms with E-state index >= 15 is 0 Å². The van der Waals surface area contributed by atoms with Crippen LogP contribution in [0.4, 0.5) is 0 Å². The zero-order valence-electron chi connectivity index (χ0n) is 6.25. The Morgan fingerprint density at radius 3 is 2.40 bits per heavy atom. The number of hydrogen-bond donors (Lipinski definition) is 1. The first-order chi connectivity index (χ1) is 4.79. The lowest BCUT2D eigenvalue weighted by molar-refractivity contribution is 0.738. The summed E-state index contributed by atoms with van der Waals surface area (Å²) in [6.45, 7) is 2.02. The zero-order valence-corrected chi connectivity index (χ0v) is 6.25. The molecule has 1 nitrogen and oxygen atoms in total. The summed E-state index contributed by atoms with van der Waals surface area (Å²) in [4.78, 5) is 0. The molecule has 0 spiro atoms. The molecule has 54 valence electrons. The second kappa shape index (κ2) is 3.37. The molecule has 0 fully saturated rings. The van der Waals surface area contributed by atoms with Crippen LogP contribution in [0.3, 0.4) is 0 Å². The van der Waals surface area contributed by atoms with Crippen molar-refractivity contribution in [3.05, 3.63) is 35.9 Å². The molecule has 0 aliphatic rings. The van der Waals surface area contributed by atoms with Gasteiger partial charge in [0.1, 0.15) is 0 Å². The molecule has 1 heteroatoms. The van der Waals surface area contributed by atoms with E-state index in [1.54, 1.807) is 0 Å². The monoisotopic (exact) mass is 141 g/mol. The van der Waals surface area contributed by atoms with E-state index in [0.29, 0.717) is 0 Å². The minimum absolute atomic E-state index is 0.266. The zero-order chi connectivity index (χ0) is 7.40. The highest BCUT2D eigenvalue weighted by molar-refractivity contribution is 5.15. The van der Waals surface area contributed by atoms with Crippen molar-refractivity contribution in [3.8, 4) is 0 Å². The predicted molar refractivity (Wildman–Crippen MR) is 43.8 cm³/mol. The molecule has 1 atom stereocenters. The van der Waals surface area contributed by atoms with Crippen LogP contribution in [0.2, 0.25) is 0 Å². The Morgan fingerprint density at radius 1 is 1.30 bits per heavy atom. The molecule has 0 heterocycles. The molecule has 0 radical (unpaired) electrons. The highest BCUT2D eigenvalue weighted by atomic mass is 14.8. The molecule has 0 bridgehead atoms. The van der Waals surface area contributed by atoms with Crippen LogP contribution < -0.4 is 5.73 Å². The second-order valence-electron chi connectivity index (χ2n) is 2.67. The molecule has 1 aromatic rings. The Hall–Kier alpha value is -0.820. The Labute approximate surface area is 61.9 Å². The molecule has 2 N–H and O–H groups in total. The molecule has 0 aliphatic heterocycles. The average Bonchev–Trinajstić information content (AvgIpc) is 1.88. The van der Waals surface area contributed by atoms with Gasteiger partial charge in [-0.15, -0.1) is 0 Å². The highest BCUT2D eigenvalue weighted by Crippen LogP contribution is 2.00. The first-order valence-electron chi connectivity index (χ1n) is 3.58. The number of nitrogens with two attached hydrogens (primary N) is 1. The van der Waals surface area contributed by atoms with Gasteiger partial charge in [0.2, 0.25) is 0 Å². The maximum atomic E-state index is 5.62. The Morgan fingerprint density at radius 2 is 1.90 bits per heavy atom. The number of hydrogen-bond acceptors (Lipinski definition) is 1. The van der Waals surface area contributed by atoms with Crippen LogP contribution in [0.25, 0.3) is 0 Å². The van der Waals surface area contributed by atoms with E-state index in [-0.39, 0.29) is 6.04 Å². The van der Waals surface area contributed by atoms with Gasteiger partial charge >= 0.3 is 0 Å². The van der Waals surface area contributed by atoms with Gasteiger partial charge in [0.15, 0.2) is 0 Å². The summed E-state index contributed by atoms with van der Waals surface area (Å²) >= 11 is 0. The fourth-order valence-corrected chi connectivity index (χ4v) is 0.986. The van der Waals surface area contributed by atoms with E-state index in [4.69, 9.17) is 5.73 Å². The van der Waals surface area contributed by atoms with E-state index in [1.165, 1.54) is 5.56 Å². The van der Waals surface area contributed by atoms with Gasteiger partial charge in [-0.2, -0.15) is 0 Å². The molecule has 0 amide bonds. The second-order valence-corrected chi connectivity index (χ2v) is 2.67. The molecule has 0 saturated heterocycles. The van der Waals surface area contributed by atoms with E-state index < -0.39 is 0 Å². The molecule has 1 unspecified atom stereocenters. The van der Waals surface area contributed by atoms with E-state index in [1.807, 2.05) is 25.1 Å². The number of benzene rings is 1. The van der Waals surface area contributed by atoms with Gasteiger partial charge < -0.3 is 5.73 Å². The molecule has 0 aromatic heterocycles. The summed E-state index contributed by atoms with van der Waals surface area (Å²) in [5.41, 5.74) is 6.94. The van der Waals surface area contributed by atoms with Crippen LogP contribution in [-0.2, 0) is 6.42 Å². The van der Waals surface area contributed by atoms with E-state index in [9.17, 15) is 0 Å². The van der Waals surface area contributed by atoms with Crippen molar-refractivity contribution in [3.63, 3.8) is 0 Å². The van der Waals surface area contributed by atoms with Crippen LogP contribution in [0, 0.1) is 0 Å². The summed E-state index contributed by atoms with van der Waals surface area (Å²) in [5, 5.41) is 0. The lowest BCUT2D eigenvalue weighted by Gasteiger charge is -2.02. The summed E-state index contributed by atoms with van der Waals surface area (Å²) in [7, 11) is 0. The van der Waals surface area contributed by atoms with Crippen LogP contribution in [0.5, 0.6) is 0 Å². The SMILES string of the molecule is CC(N)C[13c]1[13cH][13cH][13cH][13cH][13cH]1. The topological polar surface area (TPSA) is 26.0 Å². The lowest BCUT2D eigenvalue weighted by atomic mass is 10.3. The molecule has 1 rings (SSSR count). The Balaban J connectivity index is 2.59. The van der Waals surface area contributed by atoms with E-state index in [2.05, 4.69) is 12.1 Å². The summed E-state index contributed by atoms with van der Waals surface area (Å²) < 4.78 is 0. The number of rotatable bonds is 2. The minimum Gasteiger partial charge on any atom is -0.328 e. The maximum Gasteiger partial charge on any atom is 0.00509 e. The average molecular weight is 141 g/mol. The molecule has 1 aromatic carbocycles. The summed E-state index contributed by atoms with van der Waals surface area (Å²) in [6.07, 6.45) is 0.973. The van der Waals surface area contributed by atoms with Crippen LogP contribution >= 0.6 is 0 Å². The minimum atomic E-state index is 0.266. The first-order valence-corrected chi connectivity index (χ1v) is 3.58. The van der Waals surface area contributed by atoms with Crippen molar-refractivity contribution in [2.45, 2.75) is 19.4 Å². The maximum absolute atomic E-state index is 5.62. The third-order valence-corrected chi connectivity index (χ3v) is 1.40. The summed E-state index contributed by atoms with van der Waals surface area (Å²) in [5.74, 6) is 0. The lowest BCUT2D eigenvalue weighted by Crippen LogP contribution is -2.17. The molecule has 10 heavy (non-hydrogen) atoms. The fourth-order valence-electron chi connectivity index (χ4n) is 0.986. The standard InChI is InChI=1S/C9H13N/c1-8(10)7-9-5-3-2-4-6-9/h2-6,8H,7,10H2,1H3/i2+1,3+1,4+1,5+1,6+1,9+1. The van der Waals surface area contributed by atoms with E-state index in [0.717, 1.165) is 6.42 Å². The predicted octanol–water partition coefficient (Wildman–Crippen LogP) is 1.58. The third kappa shape index (κ3) is 2.19. The van der Waals surface area contributed by atoms with Gasteiger partial charge in [0, 0.05) is 6.04 Å². The van der Waals surface area contributed by atoms with Gasteiger partial charge in [-0.3, -0.25) is 0 Å². The molecular weight excluding hydrogens is 128 g/mol. The van der Waals surface area contributed by atoms with Gasteiger partial charge in [-0.25, -0.2) is 0 Å². The molecule has 0 aliphatic carbocycles. The molecular formula is C9H13N. The van der Waals surface area contributed by atoms with Gasteiger partial charge in [-0.05, 0) is 18.9 Å². The van der Waals surface area contributed by atoms with Crippen molar-refractivity contribution in [2.75, 3.05) is 0 Å². The van der Waals surface area contributed by atoms with Crippen LogP contribution in [-0.4, -0.2) is 6.04 Å². The van der Waals surface area contributed by atoms with Gasteiger partial charge in [0.05, 0.1) is 0 Å². The van der Waals surface area contributed by atoms with Gasteiger partial charge in [0.25, 0.3) is 0 Å². The molecule has 0 saturated carbocycles. The van der Waals surface area contributed by atoms with Gasteiger partial charge in [-0.1, -0.05) is 30.3 Å². The van der Waals surface area contributed by atoms with Crippen LogP contribution in [0.15, 0.2) is 30.3 Å². The van der Waals surface area contributed by atoms with Crippen molar-refractivity contribution in [1.29, 1.82) is 0 Å². The van der Waals surface area contributed by atoms with Crippen molar-refractivity contribution < 1.29 is 0 Å². The fraction of sp³-hybridized carbons (Fsp3) is 0.333. The Bertz CT molecular complexity index is 179. The Kier molecular flexibility index (Phi) is 2.46. The normalized spacial score (nSPS) is 13.0. The highest BCUT2D eigenvalue weighted by Gasteiger charge is 1.94.